The predicted octanol–water partition coefficient (Wildman–Crippen LogP) is 4.08. The molecule has 30 heavy (non-hydrogen) atoms. The van der Waals surface area contributed by atoms with E-state index in [1.807, 2.05) is 35.7 Å². The number of thiazole rings is 1. The number of carbonyl (C=O) groups is 1. The van der Waals surface area contributed by atoms with Crippen molar-refractivity contribution in [2.45, 2.75) is 44.8 Å². The third-order valence-corrected chi connectivity index (χ3v) is 5.94. The van der Waals surface area contributed by atoms with Gasteiger partial charge in [-0.15, -0.1) is 11.3 Å². The van der Waals surface area contributed by atoms with Crippen LogP contribution in [0, 0.1) is 0 Å². The van der Waals surface area contributed by atoms with E-state index in [2.05, 4.69) is 48.4 Å². The van der Waals surface area contributed by atoms with Crippen LogP contribution in [0.5, 0.6) is 0 Å². The van der Waals surface area contributed by atoms with Crippen molar-refractivity contribution >= 4 is 17.2 Å². The smallest absolute Gasteiger partial charge is 0.226 e. The van der Waals surface area contributed by atoms with E-state index in [1.165, 1.54) is 16.9 Å². The highest BCUT2D eigenvalue weighted by molar-refractivity contribution is 7.13. The molecule has 6 heteroatoms. The zero-order valence-electron chi connectivity index (χ0n) is 17.3. The van der Waals surface area contributed by atoms with E-state index in [9.17, 15) is 15.0 Å². The normalized spacial score (nSPS) is 13.2. The quantitative estimate of drug-likeness (QED) is 0.483. The minimum atomic E-state index is -0.747. The number of amides is 1. The highest BCUT2D eigenvalue weighted by atomic mass is 32.1. The second-order valence-corrected chi connectivity index (χ2v) is 8.56. The van der Waals surface area contributed by atoms with Gasteiger partial charge >= 0.3 is 0 Å². The molecule has 0 aliphatic heterocycles. The average molecular weight is 425 g/mol. The van der Waals surface area contributed by atoms with Gasteiger partial charge in [0.25, 0.3) is 0 Å². The fraction of sp³-hybridized carbons (Fsp3) is 0.333. The maximum atomic E-state index is 12.4. The largest absolute Gasteiger partial charge is 0.394 e. The summed E-state index contributed by atoms with van der Waals surface area (Å²) >= 11 is 1.51. The number of benzene rings is 2. The highest BCUT2D eigenvalue weighted by Gasteiger charge is 2.18. The Kier molecular flexibility index (Phi) is 7.74. The maximum Gasteiger partial charge on any atom is 0.226 e. The Balaban J connectivity index is 1.56. The highest BCUT2D eigenvalue weighted by Crippen LogP contribution is 2.26. The molecule has 0 fully saturated rings. The number of hydrogen-bond acceptors (Lipinski definition) is 5. The van der Waals surface area contributed by atoms with E-state index in [0.717, 1.165) is 16.1 Å². The lowest BCUT2D eigenvalue weighted by Crippen LogP contribution is -2.39. The lowest BCUT2D eigenvalue weighted by atomic mass is 10.0. The molecule has 1 amide bonds. The Bertz CT molecular complexity index is 939. The SMILES string of the molecule is CC(C)c1ccc(-c2nc(CC(=O)NC(CO)CC(O)c3ccccc3)cs2)cc1. The molecule has 2 unspecified atom stereocenters. The first-order chi connectivity index (χ1) is 14.5. The number of nitrogens with one attached hydrogen (secondary N) is 1. The summed E-state index contributed by atoms with van der Waals surface area (Å²) in [6.45, 7) is 4.08. The van der Waals surface area contributed by atoms with Crippen LogP contribution in [0.15, 0.2) is 60.0 Å². The molecule has 3 N–H and O–H groups in total. The number of rotatable bonds is 9. The summed E-state index contributed by atoms with van der Waals surface area (Å²) < 4.78 is 0. The lowest BCUT2D eigenvalue weighted by Gasteiger charge is -2.20. The van der Waals surface area contributed by atoms with Gasteiger partial charge in [-0.3, -0.25) is 4.79 Å². The van der Waals surface area contributed by atoms with Crippen molar-refractivity contribution in [3.05, 3.63) is 76.8 Å². The van der Waals surface area contributed by atoms with Gasteiger partial charge in [-0.05, 0) is 23.5 Å². The Labute approximate surface area is 181 Å². The molecule has 0 spiro atoms. The summed E-state index contributed by atoms with van der Waals surface area (Å²) in [5, 5.41) is 25.5. The molecule has 2 atom stereocenters. The van der Waals surface area contributed by atoms with Crippen molar-refractivity contribution in [3.63, 3.8) is 0 Å². The first-order valence-corrected chi connectivity index (χ1v) is 11.0. The first kappa shape index (κ1) is 22.2. The van der Waals surface area contributed by atoms with Crippen LogP contribution >= 0.6 is 11.3 Å². The van der Waals surface area contributed by atoms with Crippen molar-refractivity contribution in [3.8, 4) is 10.6 Å². The van der Waals surface area contributed by atoms with Crippen LogP contribution in [0.2, 0.25) is 0 Å². The fourth-order valence-corrected chi connectivity index (χ4v) is 4.06. The van der Waals surface area contributed by atoms with Crippen LogP contribution in [0.1, 0.15) is 49.1 Å². The summed E-state index contributed by atoms with van der Waals surface area (Å²) in [6.07, 6.45) is -0.363. The van der Waals surface area contributed by atoms with Gasteiger partial charge < -0.3 is 15.5 Å². The third kappa shape index (κ3) is 5.98. The van der Waals surface area contributed by atoms with Crippen molar-refractivity contribution in [2.24, 2.45) is 0 Å². The number of hydrogen-bond donors (Lipinski definition) is 3. The Morgan fingerprint density at radius 2 is 1.77 bits per heavy atom. The molecular weight excluding hydrogens is 396 g/mol. The molecule has 0 saturated carbocycles. The first-order valence-electron chi connectivity index (χ1n) is 10.1. The van der Waals surface area contributed by atoms with E-state index in [4.69, 9.17) is 0 Å². The molecule has 0 saturated heterocycles. The number of aliphatic hydroxyl groups excluding tert-OH is 2. The van der Waals surface area contributed by atoms with Crippen molar-refractivity contribution in [2.75, 3.05) is 6.61 Å². The van der Waals surface area contributed by atoms with E-state index in [0.29, 0.717) is 11.6 Å². The Morgan fingerprint density at radius 1 is 1.07 bits per heavy atom. The number of aromatic nitrogens is 1. The van der Waals surface area contributed by atoms with Gasteiger partial charge in [-0.2, -0.15) is 0 Å². The summed E-state index contributed by atoms with van der Waals surface area (Å²) in [6, 6.07) is 17.0. The molecule has 3 aromatic rings. The third-order valence-electron chi connectivity index (χ3n) is 5.00. The molecule has 1 aromatic heterocycles. The lowest BCUT2D eigenvalue weighted by molar-refractivity contribution is -0.121. The molecule has 5 nitrogen and oxygen atoms in total. The zero-order chi connectivity index (χ0) is 21.5. The fourth-order valence-electron chi connectivity index (χ4n) is 3.23. The summed E-state index contributed by atoms with van der Waals surface area (Å²) in [7, 11) is 0. The van der Waals surface area contributed by atoms with Crippen LogP contribution in [0.3, 0.4) is 0 Å². The molecule has 3 rings (SSSR count). The van der Waals surface area contributed by atoms with Gasteiger partial charge in [0.1, 0.15) is 5.01 Å². The van der Waals surface area contributed by atoms with Gasteiger partial charge in [-0.1, -0.05) is 68.4 Å². The molecule has 0 aliphatic carbocycles. The molecule has 1 heterocycles. The topological polar surface area (TPSA) is 82.5 Å². The van der Waals surface area contributed by atoms with Gasteiger partial charge in [-0.25, -0.2) is 4.98 Å². The van der Waals surface area contributed by atoms with Crippen LogP contribution in [-0.4, -0.2) is 33.8 Å². The molecule has 158 valence electrons. The van der Waals surface area contributed by atoms with E-state index < -0.39 is 12.1 Å². The minimum absolute atomic E-state index is 0.137. The summed E-state index contributed by atoms with van der Waals surface area (Å²) in [4.78, 5) is 17.0. The summed E-state index contributed by atoms with van der Waals surface area (Å²) in [5.41, 5.74) is 3.77. The zero-order valence-corrected chi connectivity index (χ0v) is 18.1. The van der Waals surface area contributed by atoms with Crippen molar-refractivity contribution < 1.29 is 15.0 Å². The second-order valence-electron chi connectivity index (χ2n) is 7.71. The Hall–Kier alpha value is -2.54. The summed E-state index contributed by atoms with van der Waals surface area (Å²) in [5.74, 6) is 0.260. The van der Waals surface area contributed by atoms with Crippen molar-refractivity contribution in [1.82, 2.24) is 10.3 Å². The van der Waals surface area contributed by atoms with E-state index in [-0.39, 0.29) is 25.4 Å². The Morgan fingerprint density at radius 3 is 2.40 bits per heavy atom. The number of nitrogens with zero attached hydrogens (tertiary/aromatic N) is 1. The van der Waals surface area contributed by atoms with Gasteiger partial charge in [0.15, 0.2) is 0 Å². The number of carbonyl (C=O) groups excluding carboxylic acids is 1. The van der Waals surface area contributed by atoms with Crippen LogP contribution in [0.25, 0.3) is 10.6 Å². The molecule has 0 aliphatic rings. The molecule has 0 radical (unpaired) electrons. The standard InChI is InChI=1S/C24H28N2O3S/c1-16(2)17-8-10-19(11-9-17)24-26-21(15-30-24)13-23(29)25-20(14-27)12-22(28)18-6-4-3-5-7-18/h3-11,15-16,20,22,27-28H,12-14H2,1-2H3,(H,25,29). The van der Waals surface area contributed by atoms with Crippen LogP contribution in [-0.2, 0) is 11.2 Å². The van der Waals surface area contributed by atoms with Crippen LogP contribution < -0.4 is 5.32 Å². The number of aliphatic hydroxyl groups is 2. The molecular formula is C24H28N2O3S. The van der Waals surface area contributed by atoms with Gasteiger partial charge in [0.05, 0.1) is 30.9 Å². The minimum Gasteiger partial charge on any atom is -0.394 e. The molecule has 0 bridgehead atoms. The maximum absolute atomic E-state index is 12.4. The molecule has 2 aromatic carbocycles. The van der Waals surface area contributed by atoms with Gasteiger partial charge in [0, 0.05) is 10.9 Å². The average Bonchev–Trinajstić information content (AvgIpc) is 3.22. The van der Waals surface area contributed by atoms with Crippen molar-refractivity contribution in [1.29, 1.82) is 0 Å². The second kappa shape index (κ2) is 10.5. The van der Waals surface area contributed by atoms with Crippen LogP contribution in [0.4, 0.5) is 0 Å². The van der Waals surface area contributed by atoms with E-state index >= 15 is 0 Å². The van der Waals surface area contributed by atoms with Gasteiger partial charge in [0.2, 0.25) is 5.91 Å². The van der Waals surface area contributed by atoms with E-state index in [1.54, 1.807) is 0 Å². The monoisotopic (exact) mass is 424 g/mol. The predicted molar refractivity (Wildman–Crippen MR) is 120 cm³/mol.